The summed E-state index contributed by atoms with van der Waals surface area (Å²) >= 11 is 0. The van der Waals surface area contributed by atoms with Gasteiger partial charge in [-0.3, -0.25) is 9.89 Å². The van der Waals surface area contributed by atoms with Crippen LogP contribution in [0.3, 0.4) is 0 Å². The van der Waals surface area contributed by atoms with Crippen LogP contribution in [0.5, 0.6) is 11.5 Å². The highest BCUT2D eigenvalue weighted by molar-refractivity contribution is 6.02. The molecule has 6 aromatic rings. The van der Waals surface area contributed by atoms with Gasteiger partial charge in [0.05, 0.1) is 5.69 Å². The Bertz CT molecular complexity index is 1930. The van der Waals surface area contributed by atoms with Crippen molar-refractivity contribution in [3.63, 3.8) is 0 Å². The van der Waals surface area contributed by atoms with Gasteiger partial charge in [-0.15, -0.1) is 0 Å². The van der Waals surface area contributed by atoms with E-state index in [1.54, 1.807) is 49.5 Å². The Balaban J connectivity index is 1.23. The van der Waals surface area contributed by atoms with Crippen LogP contribution in [-0.2, 0) is 0 Å². The molecule has 0 aliphatic rings. The first-order valence-electron chi connectivity index (χ1n) is 13.6. The number of rotatable bonds is 7. The Kier molecular flexibility index (Phi) is 7.52. The van der Waals surface area contributed by atoms with Crippen LogP contribution in [0.2, 0.25) is 0 Å². The number of para-hydroxylation sites is 3. The Labute approximate surface area is 248 Å². The van der Waals surface area contributed by atoms with Gasteiger partial charge in [-0.2, -0.15) is 5.10 Å². The van der Waals surface area contributed by atoms with Crippen molar-refractivity contribution in [1.29, 1.82) is 0 Å². The summed E-state index contributed by atoms with van der Waals surface area (Å²) in [5.74, 6) is 1.13. The third-order valence-electron chi connectivity index (χ3n) is 6.77. The molecular formula is C34H28N6O3. The molecule has 4 aromatic carbocycles. The van der Waals surface area contributed by atoms with Gasteiger partial charge >= 0.3 is 6.03 Å². The van der Waals surface area contributed by atoms with Crippen molar-refractivity contribution in [2.75, 3.05) is 24.7 Å². The summed E-state index contributed by atoms with van der Waals surface area (Å²) in [4.78, 5) is 31.6. The summed E-state index contributed by atoms with van der Waals surface area (Å²) in [6.07, 6.45) is 1.76. The number of amides is 3. The number of ether oxygens (including phenoxy) is 1. The van der Waals surface area contributed by atoms with Crippen molar-refractivity contribution < 1.29 is 14.3 Å². The van der Waals surface area contributed by atoms with Crippen molar-refractivity contribution in [1.82, 2.24) is 20.1 Å². The number of benzene rings is 4. The van der Waals surface area contributed by atoms with E-state index >= 15 is 0 Å². The topological polar surface area (TPSA) is 112 Å². The quantitative estimate of drug-likeness (QED) is 0.185. The van der Waals surface area contributed by atoms with E-state index in [2.05, 4.69) is 25.8 Å². The lowest BCUT2D eigenvalue weighted by Crippen LogP contribution is -2.21. The van der Waals surface area contributed by atoms with E-state index in [0.717, 1.165) is 22.1 Å². The minimum Gasteiger partial charge on any atom is -0.455 e. The molecule has 6 rings (SSSR count). The first-order valence-corrected chi connectivity index (χ1v) is 13.6. The molecular weight excluding hydrogens is 540 g/mol. The van der Waals surface area contributed by atoms with Crippen molar-refractivity contribution >= 4 is 34.3 Å². The van der Waals surface area contributed by atoms with Crippen molar-refractivity contribution in [2.45, 2.75) is 0 Å². The lowest BCUT2D eigenvalue weighted by atomic mass is 10.0. The summed E-state index contributed by atoms with van der Waals surface area (Å²) in [6.45, 7) is 0. The molecule has 212 valence electrons. The monoisotopic (exact) mass is 568 g/mol. The smallest absolute Gasteiger partial charge is 0.323 e. The zero-order valence-corrected chi connectivity index (χ0v) is 23.5. The second kappa shape index (κ2) is 11.9. The Morgan fingerprint density at radius 2 is 1.53 bits per heavy atom. The van der Waals surface area contributed by atoms with E-state index < -0.39 is 6.03 Å². The number of aromatic amines is 1. The van der Waals surface area contributed by atoms with Gasteiger partial charge in [0.1, 0.15) is 11.4 Å². The molecule has 0 saturated heterocycles. The summed E-state index contributed by atoms with van der Waals surface area (Å²) in [5.41, 5.74) is 5.57. The number of carbonyl (C=O) groups excluding carboxylic acids is 2. The molecule has 3 N–H and O–H groups in total. The fourth-order valence-electron chi connectivity index (χ4n) is 4.67. The van der Waals surface area contributed by atoms with E-state index in [4.69, 9.17) is 4.74 Å². The fourth-order valence-corrected chi connectivity index (χ4v) is 4.67. The maximum absolute atomic E-state index is 13.0. The molecule has 9 heteroatoms. The lowest BCUT2D eigenvalue weighted by Gasteiger charge is -2.13. The second-order valence-electron chi connectivity index (χ2n) is 10.0. The Hall–Kier alpha value is -5.96. The summed E-state index contributed by atoms with van der Waals surface area (Å²) in [6, 6.07) is 33.1. The molecule has 0 unspecified atom stereocenters. The average molecular weight is 569 g/mol. The lowest BCUT2D eigenvalue weighted by molar-refractivity contribution is 0.0827. The molecule has 0 saturated carbocycles. The zero-order valence-electron chi connectivity index (χ0n) is 23.5. The predicted molar refractivity (Wildman–Crippen MR) is 168 cm³/mol. The summed E-state index contributed by atoms with van der Waals surface area (Å²) in [5, 5.41) is 14.1. The normalized spacial score (nSPS) is 10.7. The number of nitrogens with one attached hydrogen (secondary N) is 3. The molecule has 9 nitrogen and oxygen atoms in total. The number of pyridine rings is 1. The molecule has 0 radical (unpaired) electrons. The minimum atomic E-state index is -0.413. The summed E-state index contributed by atoms with van der Waals surface area (Å²) < 4.78 is 5.96. The van der Waals surface area contributed by atoms with Crippen LogP contribution in [0.4, 0.5) is 16.2 Å². The highest BCUT2D eigenvalue weighted by Gasteiger charge is 2.14. The first kappa shape index (κ1) is 27.2. The van der Waals surface area contributed by atoms with Crippen LogP contribution in [0.1, 0.15) is 10.4 Å². The number of anilines is 2. The highest BCUT2D eigenvalue weighted by Crippen LogP contribution is 2.32. The van der Waals surface area contributed by atoms with Gasteiger partial charge in [0.25, 0.3) is 5.91 Å². The fraction of sp³-hybridized carbons (Fsp3) is 0.0588. The van der Waals surface area contributed by atoms with Gasteiger partial charge in [0.2, 0.25) is 0 Å². The SMILES string of the molecule is CN(C)C(=O)c1cccc(-c2cnc3[nH]nc(-c4cccc(NC(=O)Nc5ccccc5Oc5ccccc5)c4)c3c2)c1. The number of hydrogen-bond acceptors (Lipinski definition) is 5. The van der Waals surface area contributed by atoms with Crippen LogP contribution < -0.4 is 15.4 Å². The predicted octanol–water partition coefficient (Wildman–Crippen LogP) is 7.43. The van der Waals surface area contributed by atoms with Gasteiger partial charge in [-0.25, -0.2) is 9.78 Å². The molecule has 0 bridgehead atoms. The van der Waals surface area contributed by atoms with Crippen LogP contribution >= 0.6 is 0 Å². The van der Waals surface area contributed by atoms with Crippen LogP contribution in [0, 0.1) is 0 Å². The molecule has 2 heterocycles. The van der Waals surface area contributed by atoms with Gasteiger partial charge < -0.3 is 20.3 Å². The molecule has 0 spiro atoms. The molecule has 0 aliphatic carbocycles. The minimum absolute atomic E-state index is 0.0690. The number of aromatic nitrogens is 3. The highest BCUT2D eigenvalue weighted by atomic mass is 16.5. The van der Waals surface area contributed by atoms with Gasteiger partial charge in [-0.05, 0) is 60.2 Å². The average Bonchev–Trinajstić information content (AvgIpc) is 3.46. The first-order chi connectivity index (χ1) is 20.9. The number of nitrogens with zero attached hydrogens (tertiary/aromatic N) is 3. The molecule has 0 aliphatic heterocycles. The number of fused-ring (bicyclic) bond motifs is 1. The number of carbonyl (C=O) groups is 2. The number of H-pyrrole nitrogens is 1. The van der Waals surface area contributed by atoms with Crippen LogP contribution in [0.25, 0.3) is 33.4 Å². The largest absolute Gasteiger partial charge is 0.455 e. The molecule has 3 amide bonds. The molecule has 2 aromatic heterocycles. The standard InChI is InChI=1S/C34H28N6O3/c1-40(2)33(41)24-12-8-10-22(18-24)25-20-28-31(38-39-32(28)35-21-25)23-11-9-13-26(19-23)36-34(42)37-29-16-6-7-17-30(29)43-27-14-4-3-5-15-27/h3-21H,1-2H3,(H,35,38,39)(H2,36,37,42). The van der Waals surface area contributed by atoms with Gasteiger partial charge in [0.15, 0.2) is 11.4 Å². The summed E-state index contributed by atoms with van der Waals surface area (Å²) in [7, 11) is 3.46. The van der Waals surface area contributed by atoms with Crippen molar-refractivity contribution in [3.05, 3.63) is 121 Å². The Morgan fingerprint density at radius 1 is 0.767 bits per heavy atom. The second-order valence-corrected chi connectivity index (χ2v) is 10.0. The van der Waals surface area contributed by atoms with Crippen molar-refractivity contribution in [2.24, 2.45) is 0 Å². The molecule has 43 heavy (non-hydrogen) atoms. The third-order valence-corrected chi connectivity index (χ3v) is 6.77. The van der Waals surface area contributed by atoms with Crippen molar-refractivity contribution in [3.8, 4) is 33.9 Å². The Morgan fingerprint density at radius 3 is 2.37 bits per heavy atom. The van der Waals surface area contributed by atoms with Crippen LogP contribution in [0.15, 0.2) is 115 Å². The van der Waals surface area contributed by atoms with E-state index in [0.29, 0.717) is 39.8 Å². The maximum Gasteiger partial charge on any atom is 0.323 e. The van der Waals surface area contributed by atoms with Gasteiger partial charge in [-0.1, -0.05) is 54.6 Å². The van der Waals surface area contributed by atoms with E-state index in [9.17, 15) is 9.59 Å². The number of urea groups is 1. The number of hydrogen-bond donors (Lipinski definition) is 3. The maximum atomic E-state index is 13.0. The van der Waals surface area contributed by atoms with E-state index in [1.807, 2.05) is 84.9 Å². The third kappa shape index (κ3) is 6.06. The molecule has 0 fully saturated rings. The molecule has 0 atom stereocenters. The zero-order chi connectivity index (χ0) is 29.8. The van der Waals surface area contributed by atoms with Crippen LogP contribution in [-0.4, -0.2) is 46.1 Å². The van der Waals surface area contributed by atoms with E-state index in [1.165, 1.54) is 0 Å². The van der Waals surface area contributed by atoms with Gasteiger partial charge in [0, 0.05) is 48.1 Å². The van der Waals surface area contributed by atoms with E-state index in [-0.39, 0.29) is 5.91 Å².